The second kappa shape index (κ2) is 2.62. The number of aromatic amines is 1. The maximum atomic E-state index is 3.60. The molecule has 1 radical (unpaired) electrons. The molecule has 2 aromatic rings. The summed E-state index contributed by atoms with van der Waals surface area (Å²) in [5, 5.41) is 23.6. The van der Waals surface area contributed by atoms with Crippen LogP contribution < -0.4 is 0 Å². The second-order valence-corrected chi connectivity index (χ2v) is 2.36. The lowest BCUT2D eigenvalue weighted by molar-refractivity contribution is 0.845. The van der Waals surface area contributed by atoms with Crippen LogP contribution in [0.3, 0.4) is 0 Å². The molecule has 0 fully saturated rings. The molecule has 0 unspecified atom stereocenters. The normalized spacial score (nSPS) is 10.2. The highest BCUT2D eigenvalue weighted by atomic mass is 32.2. The smallest absolute Gasteiger partial charge is 0.232 e. The average Bonchev–Trinajstić information content (AvgIpc) is 2.60. The summed E-state index contributed by atoms with van der Waals surface area (Å²) in [5.41, 5.74) is 0. The van der Waals surface area contributed by atoms with E-state index < -0.39 is 0 Å². The quantitative estimate of drug-likeness (QED) is 0.586. The molecular formula is C2HN8S. The Bertz CT molecular complexity index is 264. The lowest BCUT2D eigenvalue weighted by Gasteiger charge is -1.87. The lowest BCUT2D eigenvalue weighted by atomic mass is 11.4. The Labute approximate surface area is 64.5 Å². The summed E-state index contributed by atoms with van der Waals surface area (Å²) >= 11 is 1.13. The van der Waals surface area contributed by atoms with Crippen molar-refractivity contribution in [3.8, 4) is 0 Å². The molecule has 55 valence electrons. The minimum atomic E-state index is 0.508. The predicted octanol–water partition coefficient (Wildman–Crippen LogP) is -1.46. The fraction of sp³-hybridized carbons (Fsp3) is 0. The topological polar surface area (TPSA) is 98.1 Å². The monoisotopic (exact) mass is 169 g/mol. The van der Waals surface area contributed by atoms with Crippen molar-refractivity contribution in [1.82, 2.24) is 40.2 Å². The number of hydrogen-bond donors (Lipinski definition) is 1. The Balaban J connectivity index is 2.14. The minimum absolute atomic E-state index is 0.508. The summed E-state index contributed by atoms with van der Waals surface area (Å²) in [6.07, 6.45) is 2.47. The minimum Gasteiger partial charge on any atom is -0.232 e. The fourth-order valence-corrected chi connectivity index (χ4v) is 0.909. The first-order valence-corrected chi connectivity index (χ1v) is 3.30. The molecule has 0 amide bonds. The number of nitrogens with one attached hydrogen (secondary N) is 1. The largest absolute Gasteiger partial charge is 0.234 e. The predicted molar refractivity (Wildman–Crippen MR) is 32.1 cm³/mol. The van der Waals surface area contributed by atoms with Crippen LogP contribution in [0.2, 0.25) is 0 Å². The van der Waals surface area contributed by atoms with Crippen LogP contribution in [0, 0.1) is 6.33 Å². The molecule has 0 bridgehead atoms. The van der Waals surface area contributed by atoms with E-state index in [4.69, 9.17) is 0 Å². The maximum absolute atomic E-state index is 3.60. The van der Waals surface area contributed by atoms with E-state index in [2.05, 4.69) is 42.5 Å². The summed E-state index contributed by atoms with van der Waals surface area (Å²) < 4.78 is 1.31. The van der Waals surface area contributed by atoms with Gasteiger partial charge in [0, 0.05) is 0 Å². The van der Waals surface area contributed by atoms with Crippen molar-refractivity contribution >= 4 is 11.9 Å². The van der Waals surface area contributed by atoms with Gasteiger partial charge >= 0.3 is 0 Å². The molecule has 2 heterocycles. The van der Waals surface area contributed by atoms with E-state index in [1.165, 1.54) is 4.09 Å². The van der Waals surface area contributed by atoms with E-state index in [1.807, 2.05) is 0 Å². The van der Waals surface area contributed by atoms with Gasteiger partial charge in [0.05, 0.1) is 11.9 Å². The zero-order chi connectivity index (χ0) is 7.52. The number of rotatable bonds is 2. The fourth-order valence-electron chi connectivity index (χ4n) is 0.444. The van der Waals surface area contributed by atoms with Crippen molar-refractivity contribution in [3.05, 3.63) is 6.33 Å². The summed E-state index contributed by atoms with van der Waals surface area (Å²) in [4.78, 5) is 0. The molecular weight excluding hydrogens is 168 g/mol. The molecule has 8 nitrogen and oxygen atoms in total. The first kappa shape index (κ1) is 6.22. The molecule has 2 rings (SSSR count). The van der Waals surface area contributed by atoms with E-state index in [0.717, 1.165) is 11.9 Å². The lowest BCUT2D eigenvalue weighted by Crippen LogP contribution is -1.89. The van der Waals surface area contributed by atoms with E-state index in [1.54, 1.807) is 0 Å². The zero-order valence-electron chi connectivity index (χ0n) is 5.04. The van der Waals surface area contributed by atoms with Crippen LogP contribution in [-0.2, 0) is 0 Å². The van der Waals surface area contributed by atoms with E-state index in [0.29, 0.717) is 5.16 Å². The standard InChI is InChI=1S/C2HN8S/c1-3-6-9-10(1)11-2-4-7-8-5-2/h(H,4,5,7,8). The number of aromatic nitrogens is 8. The van der Waals surface area contributed by atoms with Gasteiger partial charge in [0.2, 0.25) is 11.5 Å². The van der Waals surface area contributed by atoms with Gasteiger partial charge in [0.15, 0.2) is 0 Å². The first-order valence-electron chi connectivity index (χ1n) is 2.53. The van der Waals surface area contributed by atoms with Crippen molar-refractivity contribution in [2.45, 2.75) is 5.16 Å². The van der Waals surface area contributed by atoms with Crippen molar-refractivity contribution in [3.63, 3.8) is 0 Å². The summed E-state index contributed by atoms with van der Waals surface area (Å²) in [5.74, 6) is 0. The van der Waals surface area contributed by atoms with Crippen LogP contribution in [0.5, 0.6) is 0 Å². The van der Waals surface area contributed by atoms with Gasteiger partial charge < -0.3 is 0 Å². The Morgan fingerprint density at radius 2 is 2.45 bits per heavy atom. The molecule has 0 saturated carbocycles. The van der Waals surface area contributed by atoms with E-state index in [9.17, 15) is 0 Å². The highest BCUT2D eigenvalue weighted by molar-refractivity contribution is 7.97. The zero-order valence-corrected chi connectivity index (χ0v) is 5.86. The molecule has 11 heavy (non-hydrogen) atoms. The Kier molecular flexibility index (Phi) is 1.48. The van der Waals surface area contributed by atoms with Gasteiger partial charge in [0.25, 0.3) is 0 Å². The van der Waals surface area contributed by atoms with Crippen LogP contribution in [0.25, 0.3) is 0 Å². The molecule has 0 aliphatic carbocycles. The number of H-pyrrole nitrogens is 1. The molecule has 0 aliphatic heterocycles. The van der Waals surface area contributed by atoms with Crippen LogP contribution >= 0.6 is 11.9 Å². The molecule has 0 aromatic carbocycles. The Morgan fingerprint density at radius 3 is 3.09 bits per heavy atom. The summed E-state index contributed by atoms with van der Waals surface area (Å²) in [6.45, 7) is 0. The first-order chi connectivity index (χ1) is 5.45. The van der Waals surface area contributed by atoms with Gasteiger partial charge in [-0.1, -0.05) is 5.10 Å². The average molecular weight is 169 g/mol. The third-order valence-electron chi connectivity index (χ3n) is 0.795. The highest BCUT2D eigenvalue weighted by Crippen LogP contribution is 2.08. The third-order valence-corrected chi connectivity index (χ3v) is 1.47. The molecule has 0 saturated heterocycles. The SMILES string of the molecule is [c]1nnnn1Sc1nnn[nH]1. The summed E-state index contributed by atoms with van der Waals surface area (Å²) in [6, 6.07) is 0. The van der Waals surface area contributed by atoms with E-state index >= 15 is 0 Å². The number of hydrogen-bond acceptors (Lipinski definition) is 7. The summed E-state index contributed by atoms with van der Waals surface area (Å²) in [7, 11) is 0. The van der Waals surface area contributed by atoms with Gasteiger partial charge in [-0.05, 0) is 20.9 Å². The van der Waals surface area contributed by atoms with Gasteiger partial charge in [-0.3, -0.25) is 0 Å². The molecule has 1 N–H and O–H groups in total. The van der Waals surface area contributed by atoms with Crippen LogP contribution in [0.1, 0.15) is 0 Å². The van der Waals surface area contributed by atoms with Crippen molar-refractivity contribution in [2.24, 2.45) is 0 Å². The van der Waals surface area contributed by atoms with Gasteiger partial charge in [-0.15, -0.1) is 5.10 Å². The molecule has 0 atom stereocenters. The maximum Gasteiger partial charge on any atom is 0.234 e. The second-order valence-electron chi connectivity index (χ2n) is 1.45. The van der Waals surface area contributed by atoms with Gasteiger partial charge in [0.1, 0.15) is 0 Å². The third kappa shape index (κ3) is 1.32. The van der Waals surface area contributed by atoms with E-state index in [-0.39, 0.29) is 0 Å². The van der Waals surface area contributed by atoms with Crippen LogP contribution in [0.4, 0.5) is 0 Å². The molecule has 9 heteroatoms. The molecule has 0 spiro atoms. The van der Waals surface area contributed by atoms with Gasteiger partial charge in [-0.2, -0.15) is 4.09 Å². The van der Waals surface area contributed by atoms with Crippen molar-refractivity contribution in [2.75, 3.05) is 0 Å². The Morgan fingerprint density at radius 1 is 1.45 bits per heavy atom. The van der Waals surface area contributed by atoms with Gasteiger partial charge in [-0.25, -0.2) is 5.10 Å². The molecule has 2 aromatic heterocycles. The van der Waals surface area contributed by atoms with Crippen molar-refractivity contribution < 1.29 is 0 Å². The van der Waals surface area contributed by atoms with Crippen LogP contribution in [0.15, 0.2) is 5.16 Å². The Hall–Kier alpha value is -1.51. The molecule has 0 aliphatic rings. The number of nitrogens with zero attached hydrogens (tertiary/aromatic N) is 7. The van der Waals surface area contributed by atoms with Crippen molar-refractivity contribution in [1.29, 1.82) is 0 Å². The number of tetrazole rings is 2. The highest BCUT2D eigenvalue weighted by Gasteiger charge is 2.00. The van der Waals surface area contributed by atoms with Crippen LogP contribution in [-0.4, -0.2) is 40.2 Å².